The molecule has 0 aliphatic heterocycles. The standard InChI is InChI=1S/C26H55NO4/c1-6-7-8-9-10-11-12-13-14-15-16-17-18-19-20-27(30-25(4)21-23(2)28)31-26(5)22-24(3)29/h23-26,28-29H,6-22H2,1-5H3. The summed E-state index contributed by atoms with van der Waals surface area (Å²) in [4.78, 5) is 11.8. The number of unbranched alkanes of at least 4 members (excludes halogenated alkanes) is 13. The fraction of sp³-hybridized carbons (Fsp3) is 1.00. The summed E-state index contributed by atoms with van der Waals surface area (Å²) >= 11 is 0. The van der Waals surface area contributed by atoms with Gasteiger partial charge in [-0.25, -0.2) is 0 Å². The smallest absolute Gasteiger partial charge is 0.0816 e. The Balaban J connectivity index is 3.83. The molecule has 0 radical (unpaired) electrons. The number of aliphatic hydroxyl groups excluding tert-OH is 2. The van der Waals surface area contributed by atoms with Crippen molar-refractivity contribution >= 4 is 0 Å². The van der Waals surface area contributed by atoms with Gasteiger partial charge in [0, 0.05) is 12.8 Å². The van der Waals surface area contributed by atoms with Crippen molar-refractivity contribution in [1.82, 2.24) is 5.23 Å². The summed E-state index contributed by atoms with van der Waals surface area (Å²) in [5.74, 6) is 0. The minimum absolute atomic E-state index is 0.106. The first-order valence-corrected chi connectivity index (χ1v) is 13.3. The van der Waals surface area contributed by atoms with Crippen LogP contribution in [0.4, 0.5) is 0 Å². The maximum absolute atomic E-state index is 9.57. The molecular weight excluding hydrogens is 390 g/mol. The van der Waals surface area contributed by atoms with Crippen LogP contribution >= 0.6 is 0 Å². The minimum Gasteiger partial charge on any atom is -0.393 e. The van der Waals surface area contributed by atoms with Gasteiger partial charge in [0.25, 0.3) is 0 Å². The molecule has 0 amide bonds. The minimum atomic E-state index is -0.396. The van der Waals surface area contributed by atoms with Crippen molar-refractivity contribution in [2.75, 3.05) is 6.54 Å². The van der Waals surface area contributed by atoms with Gasteiger partial charge in [-0.2, -0.15) is 0 Å². The monoisotopic (exact) mass is 445 g/mol. The molecule has 4 unspecified atom stereocenters. The third-order valence-corrected chi connectivity index (χ3v) is 5.64. The summed E-state index contributed by atoms with van der Waals surface area (Å²) in [5.41, 5.74) is 0. The molecule has 0 aliphatic carbocycles. The molecule has 0 aromatic rings. The highest BCUT2D eigenvalue weighted by molar-refractivity contribution is 4.57. The summed E-state index contributed by atoms with van der Waals surface area (Å²) in [7, 11) is 0. The number of hydroxylamine groups is 2. The van der Waals surface area contributed by atoms with Crippen LogP contribution in [0.1, 0.15) is 137 Å². The van der Waals surface area contributed by atoms with Crippen LogP contribution in [0, 0.1) is 0 Å². The van der Waals surface area contributed by atoms with E-state index in [1.807, 2.05) is 13.8 Å². The lowest BCUT2D eigenvalue weighted by Crippen LogP contribution is -2.35. The molecule has 0 spiro atoms. The molecule has 4 atom stereocenters. The Hall–Kier alpha value is -0.200. The van der Waals surface area contributed by atoms with Gasteiger partial charge < -0.3 is 10.2 Å². The predicted molar refractivity (Wildman–Crippen MR) is 131 cm³/mol. The first kappa shape index (κ1) is 30.8. The molecule has 0 rings (SSSR count). The van der Waals surface area contributed by atoms with Crippen molar-refractivity contribution < 1.29 is 19.9 Å². The zero-order chi connectivity index (χ0) is 23.3. The van der Waals surface area contributed by atoms with E-state index in [1.165, 1.54) is 83.5 Å². The van der Waals surface area contributed by atoms with Crippen molar-refractivity contribution in [3.63, 3.8) is 0 Å². The SMILES string of the molecule is CCCCCCCCCCCCCCCCN(OC(C)CC(C)O)OC(C)CC(C)O. The van der Waals surface area contributed by atoms with Crippen molar-refractivity contribution in [1.29, 1.82) is 0 Å². The first-order chi connectivity index (χ1) is 14.8. The van der Waals surface area contributed by atoms with Gasteiger partial charge in [0.1, 0.15) is 0 Å². The average molecular weight is 446 g/mol. The molecule has 0 fully saturated rings. The van der Waals surface area contributed by atoms with E-state index in [0.717, 1.165) is 6.42 Å². The Morgan fingerprint density at radius 1 is 0.548 bits per heavy atom. The molecule has 0 heterocycles. The lowest BCUT2D eigenvalue weighted by Gasteiger charge is -2.28. The molecule has 5 heteroatoms. The van der Waals surface area contributed by atoms with Crippen LogP contribution in [-0.4, -0.2) is 46.4 Å². The Kier molecular flexibility index (Phi) is 21.5. The summed E-state index contributed by atoms with van der Waals surface area (Å²) in [6.45, 7) is 10.4. The summed E-state index contributed by atoms with van der Waals surface area (Å²) in [6, 6.07) is 0. The molecule has 0 saturated carbocycles. The topological polar surface area (TPSA) is 62.2 Å². The van der Waals surface area contributed by atoms with Gasteiger partial charge >= 0.3 is 0 Å². The number of rotatable bonds is 23. The third kappa shape index (κ3) is 22.8. The molecule has 2 N–H and O–H groups in total. The van der Waals surface area contributed by atoms with E-state index in [1.54, 1.807) is 19.1 Å². The molecule has 0 bridgehead atoms. The van der Waals surface area contributed by atoms with Gasteiger partial charge in [-0.05, 0) is 34.1 Å². The van der Waals surface area contributed by atoms with Gasteiger partial charge in [0.15, 0.2) is 0 Å². The molecule has 0 aromatic carbocycles. The predicted octanol–water partition coefficient (Wildman–Crippen LogP) is 6.95. The molecular formula is C26H55NO4. The molecule has 188 valence electrons. The molecule has 0 saturated heterocycles. The number of hydrogen-bond donors (Lipinski definition) is 2. The summed E-state index contributed by atoms with van der Waals surface area (Å²) in [5, 5.41) is 20.7. The molecule has 31 heavy (non-hydrogen) atoms. The zero-order valence-corrected chi connectivity index (χ0v) is 21.5. The van der Waals surface area contributed by atoms with Gasteiger partial charge in [-0.15, -0.1) is 0 Å². The summed E-state index contributed by atoms with van der Waals surface area (Å²) < 4.78 is 0. The second-order valence-corrected chi connectivity index (χ2v) is 9.65. The Labute approximate surface area is 193 Å². The van der Waals surface area contributed by atoms with Crippen LogP contribution < -0.4 is 0 Å². The highest BCUT2D eigenvalue weighted by Gasteiger charge is 2.17. The van der Waals surface area contributed by atoms with Gasteiger partial charge in [0.05, 0.1) is 31.0 Å². The fourth-order valence-corrected chi connectivity index (χ4v) is 4.01. The Bertz CT molecular complexity index is 347. The van der Waals surface area contributed by atoms with E-state index in [9.17, 15) is 10.2 Å². The van der Waals surface area contributed by atoms with Gasteiger partial charge in [-0.3, -0.25) is 9.68 Å². The highest BCUT2D eigenvalue weighted by Crippen LogP contribution is 2.15. The molecule has 0 aromatic heterocycles. The van der Waals surface area contributed by atoms with Crippen LogP contribution in [0.3, 0.4) is 0 Å². The largest absolute Gasteiger partial charge is 0.393 e. The van der Waals surface area contributed by atoms with Crippen molar-refractivity contribution in [3.05, 3.63) is 0 Å². The lowest BCUT2D eigenvalue weighted by atomic mass is 10.0. The van der Waals surface area contributed by atoms with Crippen LogP contribution in [0.25, 0.3) is 0 Å². The van der Waals surface area contributed by atoms with Crippen LogP contribution in [0.2, 0.25) is 0 Å². The second-order valence-electron chi connectivity index (χ2n) is 9.65. The fourth-order valence-electron chi connectivity index (χ4n) is 4.01. The van der Waals surface area contributed by atoms with E-state index in [2.05, 4.69) is 6.92 Å². The first-order valence-electron chi connectivity index (χ1n) is 13.3. The van der Waals surface area contributed by atoms with Gasteiger partial charge in [0.2, 0.25) is 0 Å². The van der Waals surface area contributed by atoms with Crippen molar-refractivity contribution in [2.24, 2.45) is 0 Å². The van der Waals surface area contributed by atoms with Gasteiger partial charge in [-0.1, -0.05) is 95.6 Å². The van der Waals surface area contributed by atoms with Crippen molar-refractivity contribution in [3.8, 4) is 0 Å². The van der Waals surface area contributed by atoms with E-state index in [4.69, 9.17) is 9.68 Å². The van der Waals surface area contributed by atoms with Crippen LogP contribution in [0.5, 0.6) is 0 Å². The van der Waals surface area contributed by atoms with E-state index < -0.39 is 12.2 Å². The summed E-state index contributed by atoms with van der Waals surface area (Å²) in [6.07, 6.45) is 18.9. The maximum atomic E-state index is 9.57. The molecule has 0 aliphatic rings. The van der Waals surface area contributed by atoms with E-state index >= 15 is 0 Å². The van der Waals surface area contributed by atoms with Crippen molar-refractivity contribution in [2.45, 2.75) is 162 Å². The van der Waals surface area contributed by atoms with E-state index in [0.29, 0.717) is 19.4 Å². The van der Waals surface area contributed by atoms with E-state index in [-0.39, 0.29) is 12.2 Å². The highest BCUT2D eigenvalue weighted by atomic mass is 17.0. The lowest BCUT2D eigenvalue weighted by molar-refractivity contribution is -0.400. The zero-order valence-electron chi connectivity index (χ0n) is 21.5. The number of hydrogen-bond acceptors (Lipinski definition) is 5. The molecule has 5 nitrogen and oxygen atoms in total. The second kappa shape index (κ2) is 21.6. The van der Waals surface area contributed by atoms with Crippen LogP contribution in [0.15, 0.2) is 0 Å². The maximum Gasteiger partial charge on any atom is 0.0816 e. The number of nitrogens with zero attached hydrogens (tertiary/aromatic N) is 1. The van der Waals surface area contributed by atoms with Crippen LogP contribution in [-0.2, 0) is 9.68 Å². The number of aliphatic hydroxyl groups is 2. The normalized spacial score (nSPS) is 15.9. The Morgan fingerprint density at radius 3 is 1.19 bits per heavy atom. The Morgan fingerprint density at radius 2 is 0.871 bits per heavy atom. The quantitative estimate of drug-likeness (QED) is 0.132. The third-order valence-electron chi connectivity index (χ3n) is 5.64. The average Bonchev–Trinajstić information content (AvgIpc) is 2.66.